The van der Waals surface area contributed by atoms with Gasteiger partial charge in [-0.05, 0) is 92.6 Å². The Balaban J connectivity index is 1.29. The van der Waals surface area contributed by atoms with Gasteiger partial charge in [-0.1, -0.05) is 71.2 Å². The molecule has 0 bridgehead atoms. The number of halogens is 5. The second-order valence-electron chi connectivity index (χ2n) is 13.6. The normalized spacial score (nSPS) is 12.6. The van der Waals surface area contributed by atoms with Crippen LogP contribution < -0.4 is 26.0 Å². The predicted molar refractivity (Wildman–Crippen MR) is 248 cm³/mol. The van der Waals surface area contributed by atoms with Gasteiger partial charge in [0.05, 0.1) is 38.2 Å². The summed E-state index contributed by atoms with van der Waals surface area (Å²) in [7, 11) is 0. The molecule has 4 amide bonds. The number of benzene rings is 5. The van der Waals surface area contributed by atoms with Crippen molar-refractivity contribution >= 4 is 127 Å². The fraction of sp³-hybridized carbons (Fsp3) is 0.182. The number of nitrogens with zero attached hydrogens (tertiary/aromatic N) is 4. The van der Waals surface area contributed by atoms with Crippen molar-refractivity contribution in [3.8, 4) is 5.75 Å². The zero-order valence-electron chi connectivity index (χ0n) is 34.0. The van der Waals surface area contributed by atoms with Gasteiger partial charge in [-0.3, -0.25) is 28.8 Å². The third kappa shape index (κ3) is 13.2. The Labute approximate surface area is 391 Å². The van der Waals surface area contributed by atoms with Crippen molar-refractivity contribution in [1.29, 1.82) is 0 Å². The van der Waals surface area contributed by atoms with Crippen molar-refractivity contribution < 1.29 is 33.5 Å². The lowest BCUT2D eigenvalue weighted by molar-refractivity contribution is -0.127. The van der Waals surface area contributed by atoms with Gasteiger partial charge >= 0.3 is 0 Å². The van der Waals surface area contributed by atoms with Gasteiger partial charge in [0.2, 0.25) is 12.1 Å². The van der Waals surface area contributed by atoms with Gasteiger partial charge in [-0.15, -0.1) is 23.2 Å². The molecule has 0 aliphatic heterocycles. The van der Waals surface area contributed by atoms with Crippen LogP contribution in [0, 0.1) is 0 Å². The molecule has 0 heterocycles. The standard InChI is InChI=1S/C44H37Cl5N8O7/c1-23(58)39(56-54-29-12-15-33(48)31(18-29)41(60)51-35-10-6-4-8-26(35)21-45)43(62)50-28-14-17-37(38(20-28)64-25(3)47)53-44(63)40(24(2)59)57-55-30-13-16-34(49)32(19-30)42(61)52-36-11-7-5-9-27(36)22-46/h4-20,25,39-40H,21-22H2,1-3H3,(H,50,62)(H,51,60)(H,52,61)(H,53,63). The average molecular weight is 967 g/mol. The van der Waals surface area contributed by atoms with Gasteiger partial charge in [0.15, 0.2) is 17.1 Å². The van der Waals surface area contributed by atoms with Crippen LogP contribution in [0.2, 0.25) is 10.0 Å². The van der Waals surface area contributed by atoms with Crippen LogP contribution >= 0.6 is 58.0 Å². The molecule has 0 spiro atoms. The summed E-state index contributed by atoms with van der Waals surface area (Å²) >= 11 is 30.8. The molecule has 64 heavy (non-hydrogen) atoms. The molecule has 0 radical (unpaired) electrons. The Morgan fingerprint density at radius 1 is 0.578 bits per heavy atom. The summed E-state index contributed by atoms with van der Waals surface area (Å²) in [6.45, 7) is 3.79. The van der Waals surface area contributed by atoms with Gasteiger partial charge < -0.3 is 26.0 Å². The molecule has 15 nitrogen and oxygen atoms in total. The van der Waals surface area contributed by atoms with Crippen LogP contribution in [0.1, 0.15) is 52.6 Å². The van der Waals surface area contributed by atoms with E-state index in [0.717, 1.165) is 13.8 Å². The van der Waals surface area contributed by atoms with Crippen molar-refractivity contribution in [3.63, 3.8) is 0 Å². The van der Waals surface area contributed by atoms with E-state index in [1.807, 2.05) is 0 Å². The maximum atomic E-state index is 13.5. The van der Waals surface area contributed by atoms with Gasteiger partial charge in [-0.2, -0.15) is 20.5 Å². The van der Waals surface area contributed by atoms with E-state index >= 15 is 0 Å². The van der Waals surface area contributed by atoms with E-state index in [4.69, 9.17) is 62.7 Å². The number of carbonyl (C=O) groups excluding carboxylic acids is 6. The minimum absolute atomic E-state index is 0.0290. The highest BCUT2D eigenvalue weighted by Gasteiger charge is 2.27. The summed E-state index contributed by atoms with van der Waals surface area (Å²) in [6.07, 6.45) is 0. The smallest absolute Gasteiger partial charge is 0.258 e. The number of rotatable bonds is 18. The molecule has 4 N–H and O–H groups in total. The van der Waals surface area contributed by atoms with Crippen LogP contribution in [0.15, 0.2) is 124 Å². The Morgan fingerprint density at radius 3 is 1.47 bits per heavy atom. The molecule has 5 rings (SSSR count). The minimum Gasteiger partial charge on any atom is -0.473 e. The van der Waals surface area contributed by atoms with Crippen molar-refractivity contribution in [2.75, 3.05) is 21.3 Å². The van der Waals surface area contributed by atoms with Crippen molar-refractivity contribution in [3.05, 3.63) is 135 Å². The molecule has 0 aliphatic rings. The first-order valence-electron chi connectivity index (χ1n) is 19.0. The summed E-state index contributed by atoms with van der Waals surface area (Å²) in [6, 6.07) is 23.2. The van der Waals surface area contributed by atoms with Crippen LogP contribution in [0.5, 0.6) is 5.75 Å². The number of Topliss-reactive ketones (excluding diaryl/α,β-unsaturated/α-hetero) is 2. The number of anilines is 4. The average Bonchev–Trinajstić information content (AvgIpc) is 3.25. The fourth-order valence-corrected chi connectivity index (χ4v) is 6.64. The van der Waals surface area contributed by atoms with E-state index in [-0.39, 0.29) is 61.4 Å². The number of alkyl halides is 3. The third-order valence-corrected chi connectivity index (χ3v) is 10.2. The molecule has 0 saturated carbocycles. The van der Waals surface area contributed by atoms with E-state index in [9.17, 15) is 28.8 Å². The largest absolute Gasteiger partial charge is 0.473 e. The number of ketones is 2. The van der Waals surface area contributed by atoms with Crippen LogP contribution in [0.25, 0.3) is 0 Å². The van der Waals surface area contributed by atoms with Crippen molar-refractivity contribution in [2.24, 2.45) is 20.5 Å². The number of hydrogen-bond acceptors (Lipinski definition) is 11. The zero-order chi connectivity index (χ0) is 46.5. The number of hydrogen-bond donors (Lipinski definition) is 4. The lowest BCUT2D eigenvalue weighted by Crippen LogP contribution is -2.32. The number of para-hydroxylation sites is 2. The van der Waals surface area contributed by atoms with E-state index in [1.165, 1.54) is 61.5 Å². The highest BCUT2D eigenvalue weighted by atomic mass is 35.5. The second kappa shape index (κ2) is 22.9. The first kappa shape index (κ1) is 48.8. The topological polar surface area (TPSA) is 209 Å². The maximum Gasteiger partial charge on any atom is 0.258 e. The van der Waals surface area contributed by atoms with Gasteiger partial charge in [0.25, 0.3) is 23.6 Å². The first-order valence-corrected chi connectivity index (χ1v) is 21.2. The van der Waals surface area contributed by atoms with E-state index < -0.39 is 52.8 Å². The molecule has 3 atom stereocenters. The Kier molecular flexibility index (Phi) is 17.5. The van der Waals surface area contributed by atoms with E-state index in [0.29, 0.717) is 22.5 Å². The van der Waals surface area contributed by atoms with Gasteiger partial charge in [-0.25, -0.2) is 0 Å². The Hall–Kier alpha value is -6.23. The second-order valence-corrected chi connectivity index (χ2v) is 15.6. The van der Waals surface area contributed by atoms with Crippen LogP contribution in [-0.2, 0) is 30.9 Å². The number of carbonyl (C=O) groups is 6. The third-order valence-electron chi connectivity index (χ3n) is 8.85. The maximum absolute atomic E-state index is 13.5. The number of amides is 4. The molecule has 0 fully saturated rings. The summed E-state index contributed by atoms with van der Waals surface area (Å²) in [4.78, 5) is 78.4. The quantitative estimate of drug-likeness (QED) is 0.0379. The number of ether oxygens (including phenoxy) is 1. The summed E-state index contributed by atoms with van der Waals surface area (Å²) in [5, 5.41) is 26.9. The molecule has 20 heteroatoms. The lowest BCUT2D eigenvalue weighted by Gasteiger charge is -2.17. The van der Waals surface area contributed by atoms with Crippen LogP contribution in [0.3, 0.4) is 0 Å². The number of nitrogens with one attached hydrogen (secondary N) is 4. The molecule has 0 aliphatic carbocycles. The van der Waals surface area contributed by atoms with Crippen molar-refractivity contribution in [1.82, 2.24) is 0 Å². The minimum atomic E-state index is -1.65. The predicted octanol–water partition coefficient (Wildman–Crippen LogP) is 11.3. The lowest BCUT2D eigenvalue weighted by atomic mass is 10.1. The summed E-state index contributed by atoms with van der Waals surface area (Å²) in [5.41, 5.74) is 1.92. The molecule has 5 aromatic carbocycles. The summed E-state index contributed by atoms with van der Waals surface area (Å²) in [5.74, 6) is -3.90. The van der Waals surface area contributed by atoms with Crippen molar-refractivity contribution in [2.45, 2.75) is 50.2 Å². The molecule has 3 unspecified atom stereocenters. The summed E-state index contributed by atoms with van der Waals surface area (Å²) < 4.78 is 5.69. The first-order chi connectivity index (χ1) is 30.6. The molecular formula is C44H37Cl5N8O7. The zero-order valence-corrected chi connectivity index (χ0v) is 37.8. The number of azo groups is 2. The monoisotopic (exact) mass is 964 g/mol. The fourth-order valence-electron chi connectivity index (χ4n) is 5.67. The van der Waals surface area contributed by atoms with Gasteiger partial charge in [0, 0.05) is 34.9 Å². The Bertz CT molecular complexity index is 2660. The molecule has 0 saturated heterocycles. The van der Waals surface area contributed by atoms with E-state index in [1.54, 1.807) is 48.5 Å². The highest BCUT2D eigenvalue weighted by Crippen LogP contribution is 2.32. The Morgan fingerprint density at radius 2 is 1.03 bits per heavy atom. The van der Waals surface area contributed by atoms with Crippen LogP contribution in [0.4, 0.5) is 34.1 Å². The molecule has 5 aromatic rings. The van der Waals surface area contributed by atoms with Crippen LogP contribution in [-0.4, -0.2) is 52.8 Å². The molecular weight excluding hydrogens is 930 g/mol. The van der Waals surface area contributed by atoms with E-state index in [2.05, 4.69) is 41.7 Å². The highest BCUT2D eigenvalue weighted by molar-refractivity contribution is 6.35. The molecule has 0 aromatic heterocycles. The van der Waals surface area contributed by atoms with Gasteiger partial charge in [0.1, 0.15) is 5.75 Å². The molecule has 330 valence electrons. The SMILES string of the molecule is CC(=O)C(N=Nc1ccc(Cl)c(C(=O)Nc2ccccc2CCl)c1)C(=O)Nc1ccc(NC(=O)C(N=Nc2ccc(Cl)c(C(=O)Nc3ccccc3CCl)c2)C(C)=O)c(OC(C)Cl)c1.